The van der Waals surface area contributed by atoms with Crippen LogP contribution in [-0.2, 0) is 24.3 Å². The number of fused-ring (bicyclic) bond motifs is 1. The molecule has 0 saturated carbocycles. The predicted molar refractivity (Wildman–Crippen MR) is 76.9 cm³/mol. The molecule has 0 aliphatic carbocycles. The van der Waals surface area contributed by atoms with E-state index in [-0.39, 0.29) is 0 Å². The average Bonchev–Trinajstić information content (AvgIpc) is 2.44. The summed E-state index contributed by atoms with van der Waals surface area (Å²) in [6.45, 7) is 2.42. The SMILES string of the molecule is c1ccc(C[C@@H]2COCc3ccccc3CN2)cc1. The van der Waals surface area contributed by atoms with E-state index in [0.717, 1.165) is 26.2 Å². The number of benzene rings is 2. The van der Waals surface area contributed by atoms with Gasteiger partial charge in [0.15, 0.2) is 0 Å². The Morgan fingerprint density at radius 1 is 0.947 bits per heavy atom. The van der Waals surface area contributed by atoms with Crippen LogP contribution >= 0.6 is 0 Å². The Balaban J connectivity index is 1.67. The van der Waals surface area contributed by atoms with Gasteiger partial charge >= 0.3 is 0 Å². The quantitative estimate of drug-likeness (QED) is 0.888. The maximum Gasteiger partial charge on any atom is 0.0720 e. The van der Waals surface area contributed by atoms with Gasteiger partial charge in [-0.3, -0.25) is 0 Å². The molecule has 3 rings (SSSR count). The van der Waals surface area contributed by atoms with Crippen LogP contribution in [0.1, 0.15) is 16.7 Å². The van der Waals surface area contributed by atoms with Crippen LogP contribution in [0.25, 0.3) is 0 Å². The molecular formula is C17H19NO. The minimum atomic E-state index is 0.385. The van der Waals surface area contributed by atoms with Crippen LogP contribution in [0.15, 0.2) is 54.6 Å². The lowest BCUT2D eigenvalue weighted by atomic mass is 10.0. The second-order valence-electron chi connectivity index (χ2n) is 5.05. The molecule has 98 valence electrons. The van der Waals surface area contributed by atoms with Crippen molar-refractivity contribution in [1.82, 2.24) is 5.32 Å². The summed E-state index contributed by atoms with van der Waals surface area (Å²) < 4.78 is 5.82. The standard InChI is InChI=1S/C17H19NO/c1-2-6-14(7-3-1)10-17-13-19-12-16-9-5-4-8-15(16)11-18-17/h1-9,17-18H,10-13H2/t17-/m1/s1. The molecule has 0 saturated heterocycles. The predicted octanol–water partition coefficient (Wildman–Crippen LogP) is 2.92. The number of ether oxygens (including phenoxy) is 1. The summed E-state index contributed by atoms with van der Waals surface area (Å²) in [5.74, 6) is 0. The molecule has 1 heterocycles. The van der Waals surface area contributed by atoms with Gasteiger partial charge in [-0.25, -0.2) is 0 Å². The van der Waals surface area contributed by atoms with E-state index in [2.05, 4.69) is 59.9 Å². The van der Waals surface area contributed by atoms with Crippen molar-refractivity contribution in [3.8, 4) is 0 Å². The van der Waals surface area contributed by atoms with Crippen molar-refractivity contribution in [2.75, 3.05) is 6.61 Å². The molecule has 2 aromatic carbocycles. The average molecular weight is 253 g/mol. The minimum absolute atomic E-state index is 0.385. The van der Waals surface area contributed by atoms with Crippen LogP contribution < -0.4 is 5.32 Å². The summed E-state index contributed by atoms with van der Waals surface area (Å²) in [4.78, 5) is 0. The van der Waals surface area contributed by atoms with Gasteiger partial charge in [0.1, 0.15) is 0 Å². The summed E-state index contributed by atoms with van der Waals surface area (Å²) in [5.41, 5.74) is 4.01. The van der Waals surface area contributed by atoms with Crippen LogP contribution in [0.2, 0.25) is 0 Å². The van der Waals surface area contributed by atoms with Crippen molar-refractivity contribution < 1.29 is 4.74 Å². The van der Waals surface area contributed by atoms with Crippen molar-refractivity contribution in [1.29, 1.82) is 0 Å². The maximum atomic E-state index is 5.82. The third-order valence-electron chi connectivity index (χ3n) is 3.60. The second-order valence-corrected chi connectivity index (χ2v) is 5.05. The molecule has 0 amide bonds. The highest BCUT2D eigenvalue weighted by Gasteiger charge is 2.14. The van der Waals surface area contributed by atoms with Gasteiger partial charge < -0.3 is 10.1 Å². The Morgan fingerprint density at radius 3 is 2.53 bits per heavy atom. The van der Waals surface area contributed by atoms with Crippen molar-refractivity contribution in [3.05, 3.63) is 71.3 Å². The first-order chi connectivity index (χ1) is 9.42. The van der Waals surface area contributed by atoms with Crippen LogP contribution in [0, 0.1) is 0 Å². The Labute approximate surface area is 114 Å². The van der Waals surface area contributed by atoms with Gasteiger partial charge in [-0.2, -0.15) is 0 Å². The number of hydrogen-bond acceptors (Lipinski definition) is 2. The molecule has 19 heavy (non-hydrogen) atoms. The zero-order valence-corrected chi connectivity index (χ0v) is 11.0. The number of nitrogens with one attached hydrogen (secondary N) is 1. The Hall–Kier alpha value is -1.64. The molecule has 1 aliphatic heterocycles. The van der Waals surface area contributed by atoms with E-state index in [9.17, 15) is 0 Å². The molecule has 0 fully saturated rings. The highest BCUT2D eigenvalue weighted by Crippen LogP contribution is 2.14. The smallest absolute Gasteiger partial charge is 0.0720 e. The highest BCUT2D eigenvalue weighted by atomic mass is 16.5. The zero-order valence-electron chi connectivity index (χ0n) is 11.0. The first-order valence-corrected chi connectivity index (χ1v) is 6.83. The van der Waals surface area contributed by atoms with Gasteiger partial charge in [-0.05, 0) is 23.1 Å². The van der Waals surface area contributed by atoms with E-state index in [0.29, 0.717) is 6.04 Å². The third-order valence-corrected chi connectivity index (χ3v) is 3.60. The Bertz CT molecular complexity index is 524. The first-order valence-electron chi connectivity index (χ1n) is 6.83. The molecule has 0 radical (unpaired) electrons. The molecule has 1 N–H and O–H groups in total. The Morgan fingerprint density at radius 2 is 1.68 bits per heavy atom. The lowest BCUT2D eigenvalue weighted by molar-refractivity contribution is 0.0926. The molecular weight excluding hydrogens is 234 g/mol. The van der Waals surface area contributed by atoms with E-state index < -0.39 is 0 Å². The van der Waals surface area contributed by atoms with Gasteiger partial charge in [-0.1, -0.05) is 54.6 Å². The molecule has 0 bridgehead atoms. The molecule has 1 atom stereocenters. The fourth-order valence-electron chi connectivity index (χ4n) is 2.52. The lowest BCUT2D eigenvalue weighted by Gasteiger charge is -2.23. The summed E-state index contributed by atoms with van der Waals surface area (Å²) in [5, 5.41) is 3.60. The van der Waals surface area contributed by atoms with Crippen molar-refractivity contribution in [2.45, 2.75) is 25.6 Å². The van der Waals surface area contributed by atoms with E-state index in [1.54, 1.807) is 0 Å². The van der Waals surface area contributed by atoms with Gasteiger partial charge in [0.2, 0.25) is 0 Å². The molecule has 2 aromatic rings. The lowest BCUT2D eigenvalue weighted by Crippen LogP contribution is -2.36. The van der Waals surface area contributed by atoms with Gasteiger partial charge in [0.05, 0.1) is 13.2 Å². The molecule has 0 spiro atoms. The summed E-state index contributed by atoms with van der Waals surface area (Å²) in [7, 11) is 0. The van der Waals surface area contributed by atoms with E-state index >= 15 is 0 Å². The van der Waals surface area contributed by atoms with Crippen LogP contribution in [0.5, 0.6) is 0 Å². The van der Waals surface area contributed by atoms with Crippen LogP contribution in [0.4, 0.5) is 0 Å². The van der Waals surface area contributed by atoms with Crippen LogP contribution in [-0.4, -0.2) is 12.6 Å². The van der Waals surface area contributed by atoms with Crippen LogP contribution in [0.3, 0.4) is 0 Å². The first kappa shape index (κ1) is 12.4. The normalized spacial score (nSPS) is 19.3. The molecule has 0 aromatic heterocycles. The van der Waals surface area contributed by atoms with Crippen molar-refractivity contribution in [2.24, 2.45) is 0 Å². The minimum Gasteiger partial charge on any atom is -0.375 e. The molecule has 2 heteroatoms. The van der Waals surface area contributed by atoms with Gasteiger partial charge in [0, 0.05) is 12.6 Å². The monoisotopic (exact) mass is 253 g/mol. The number of rotatable bonds is 2. The fraction of sp³-hybridized carbons (Fsp3) is 0.294. The second kappa shape index (κ2) is 6.00. The van der Waals surface area contributed by atoms with E-state index in [1.807, 2.05) is 0 Å². The summed E-state index contributed by atoms with van der Waals surface area (Å²) in [6.07, 6.45) is 1.02. The molecule has 0 unspecified atom stereocenters. The Kier molecular flexibility index (Phi) is 3.92. The summed E-state index contributed by atoms with van der Waals surface area (Å²) in [6, 6.07) is 19.5. The zero-order chi connectivity index (χ0) is 12.9. The van der Waals surface area contributed by atoms with E-state index in [4.69, 9.17) is 4.74 Å². The topological polar surface area (TPSA) is 21.3 Å². The molecule has 1 aliphatic rings. The van der Waals surface area contributed by atoms with Gasteiger partial charge in [0.25, 0.3) is 0 Å². The van der Waals surface area contributed by atoms with Crippen molar-refractivity contribution >= 4 is 0 Å². The van der Waals surface area contributed by atoms with E-state index in [1.165, 1.54) is 16.7 Å². The van der Waals surface area contributed by atoms with Crippen molar-refractivity contribution in [3.63, 3.8) is 0 Å². The fourth-order valence-corrected chi connectivity index (χ4v) is 2.52. The van der Waals surface area contributed by atoms with Gasteiger partial charge in [-0.15, -0.1) is 0 Å². The maximum absolute atomic E-state index is 5.82. The highest BCUT2D eigenvalue weighted by molar-refractivity contribution is 5.27. The number of hydrogen-bond donors (Lipinski definition) is 1. The third kappa shape index (κ3) is 3.22. The summed E-state index contributed by atoms with van der Waals surface area (Å²) >= 11 is 0. The largest absolute Gasteiger partial charge is 0.375 e. The molecule has 2 nitrogen and oxygen atoms in total.